The lowest BCUT2D eigenvalue weighted by Gasteiger charge is -2.26. The predicted molar refractivity (Wildman–Crippen MR) is 192 cm³/mol. The minimum absolute atomic E-state index is 0.00684. The van der Waals surface area contributed by atoms with Gasteiger partial charge in [0.2, 0.25) is 0 Å². The molecule has 0 aromatic heterocycles. The van der Waals surface area contributed by atoms with Crippen LogP contribution in [0.5, 0.6) is 0 Å². The van der Waals surface area contributed by atoms with Crippen LogP contribution in [0.15, 0.2) is 127 Å². The second kappa shape index (κ2) is 9.05. The summed E-state index contributed by atoms with van der Waals surface area (Å²) in [5.74, 6) is 0. The Hall–Kier alpha value is -4.94. The molecule has 0 aliphatic heterocycles. The second-order valence-electron chi connectivity index (χ2n) is 14.2. The summed E-state index contributed by atoms with van der Waals surface area (Å²) in [6.45, 7) is 11.7. The molecule has 45 heavy (non-hydrogen) atoms. The van der Waals surface area contributed by atoms with Crippen LogP contribution in [-0.4, -0.2) is 0 Å². The molecule has 0 N–H and O–H groups in total. The van der Waals surface area contributed by atoms with E-state index in [1.807, 2.05) is 0 Å². The summed E-state index contributed by atoms with van der Waals surface area (Å²) in [5.41, 5.74) is 17.6. The minimum atomic E-state index is -0.0977. The maximum Gasteiger partial charge on any atom is 0.0165 e. The fraction of sp³-hybridized carbons (Fsp3) is 0.156. The SMILES string of the molecule is Cc1ccc2c(-c3cccc4c3C(C)(C)c3ccccc3-4)c3ccccc3c(-c3ccc4c(c3)-c3ccccc3C4(C)C)c2c1. The first-order valence-electron chi connectivity index (χ1n) is 16.2. The minimum Gasteiger partial charge on any atom is -0.0619 e. The third-order valence-corrected chi connectivity index (χ3v) is 10.9. The molecule has 0 atom stereocenters. The third-order valence-electron chi connectivity index (χ3n) is 10.9. The van der Waals surface area contributed by atoms with E-state index in [-0.39, 0.29) is 10.8 Å². The van der Waals surface area contributed by atoms with E-state index in [4.69, 9.17) is 0 Å². The van der Waals surface area contributed by atoms with Crippen LogP contribution in [0.3, 0.4) is 0 Å². The molecule has 0 saturated carbocycles. The van der Waals surface area contributed by atoms with E-state index in [1.165, 1.54) is 93.9 Å². The zero-order valence-electron chi connectivity index (χ0n) is 26.6. The van der Waals surface area contributed by atoms with Gasteiger partial charge in [-0.2, -0.15) is 0 Å². The van der Waals surface area contributed by atoms with Crippen LogP contribution < -0.4 is 0 Å². The lowest BCUT2D eigenvalue weighted by atomic mass is 9.76. The van der Waals surface area contributed by atoms with Crippen molar-refractivity contribution in [3.63, 3.8) is 0 Å². The van der Waals surface area contributed by atoms with Gasteiger partial charge in [0, 0.05) is 10.8 Å². The van der Waals surface area contributed by atoms with Crippen LogP contribution in [0.2, 0.25) is 0 Å². The summed E-state index contributed by atoms with van der Waals surface area (Å²) in [4.78, 5) is 0. The van der Waals surface area contributed by atoms with Crippen LogP contribution in [0.1, 0.15) is 55.5 Å². The normalized spacial score (nSPS) is 15.1. The van der Waals surface area contributed by atoms with Crippen LogP contribution >= 0.6 is 0 Å². The Kier molecular flexibility index (Phi) is 5.32. The number of benzene rings is 7. The summed E-state index contributed by atoms with van der Waals surface area (Å²) in [5, 5.41) is 5.25. The lowest BCUT2D eigenvalue weighted by Crippen LogP contribution is -2.16. The summed E-state index contributed by atoms with van der Waals surface area (Å²) in [6.07, 6.45) is 0. The molecule has 2 aliphatic rings. The van der Waals surface area contributed by atoms with Gasteiger partial charge in [0.15, 0.2) is 0 Å². The van der Waals surface area contributed by atoms with E-state index in [0.717, 1.165) is 0 Å². The summed E-state index contributed by atoms with van der Waals surface area (Å²) in [7, 11) is 0. The van der Waals surface area contributed by atoms with Gasteiger partial charge in [-0.1, -0.05) is 155 Å². The van der Waals surface area contributed by atoms with Crippen molar-refractivity contribution in [3.05, 3.63) is 155 Å². The Bertz CT molecular complexity index is 2380. The smallest absolute Gasteiger partial charge is 0.0165 e. The van der Waals surface area contributed by atoms with Crippen LogP contribution in [0, 0.1) is 6.92 Å². The Balaban J connectivity index is 1.38. The van der Waals surface area contributed by atoms with Gasteiger partial charge in [0.25, 0.3) is 0 Å². The van der Waals surface area contributed by atoms with E-state index in [9.17, 15) is 0 Å². The second-order valence-corrected chi connectivity index (χ2v) is 14.2. The first kappa shape index (κ1) is 26.5. The highest BCUT2D eigenvalue weighted by atomic mass is 14.4. The first-order chi connectivity index (χ1) is 21.8. The number of fused-ring (bicyclic) bond motifs is 8. The number of hydrogen-bond acceptors (Lipinski definition) is 0. The molecule has 2 aliphatic carbocycles. The van der Waals surface area contributed by atoms with Crippen molar-refractivity contribution in [1.82, 2.24) is 0 Å². The Morgan fingerprint density at radius 2 is 0.933 bits per heavy atom. The number of rotatable bonds is 2. The van der Waals surface area contributed by atoms with Crippen molar-refractivity contribution in [2.75, 3.05) is 0 Å². The number of aryl methyl sites for hydroxylation is 1. The average molecular weight is 577 g/mol. The molecule has 7 aromatic carbocycles. The highest BCUT2D eigenvalue weighted by Gasteiger charge is 2.38. The molecular weight excluding hydrogens is 540 g/mol. The molecule has 9 rings (SSSR count). The fourth-order valence-corrected chi connectivity index (χ4v) is 8.83. The van der Waals surface area contributed by atoms with Gasteiger partial charge in [-0.15, -0.1) is 0 Å². The zero-order chi connectivity index (χ0) is 30.7. The molecular formula is C45H36. The van der Waals surface area contributed by atoms with Gasteiger partial charge in [0.1, 0.15) is 0 Å². The van der Waals surface area contributed by atoms with E-state index in [1.54, 1.807) is 0 Å². The standard InChI is InChI=1S/C45H36/c1-27-21-23-33-37(25-27)41(28-22-24-40-36(26-28)30-14-9-10-19-38(30)44(40,2)3)31-15-6-7-16-32(31)42(33)35-18-12-17-34-29-13-8-11-20-39(29)45(4,5)43(34)35/h6-26H,1-5H3. The van der Waals surface area contributed by atoms with Crippen LogP contribution in [0.25, 0.3) is 66.1 Å². The molecule has 0 heteroatoms. The highest BCUT2D eigenvalue weighted by Crippen LogP contribution is 2.55. The highest BCUT2D eigenvalue weighted by molar-refractivity contribution is 6.22. The molecule has 0 spiro atoms. The molecule has 0 heterocycles. The largest absolute Gasteiger partial charge is 0.0619 e. The van der Waals surface area contributed by atoms with Crippen LogP contribution in [0.4, 0.5) is 0 Å². The van der Waals surface area contributed by atoms with Gasteiger partial charge >= 0.3 is 0 Å². The van der Waals surface area contributed by atoms with Crippen LogP contribution in [-0.2, 0) is 10.8 Å². The quantitative estimate of drug-likeness (QED) is 0.180. The number of hydrogen-bond donors (Lipinski definition) is 0. The topological polar surface area (TPSA) is 0 Å². The summed E-state index contributed by atoms with van der Waals surface area (Å²) >= 11 is 0. The molecule has 0 unspecified atom stereocenters. The lowest BCUT2D eigenvalue weighted by molar-refractivity contribution is 0.660. The molecule has 0 nitrogen and oxygen atoms in total. The Morgan fingerprint density at radius 3 is 1.69 bits per heavy atom. The molecule has 216 valence electrons. The van der Waals surface area contributed by atoms with Gasteiger partial charge in [-0.05, 0) is 101 Å². The van der Waals surface area contributed by atoms with Gasteiger partial charge < -0.3 is 0 Å². The molecule has 0 fully saturated rings. The fourth-order valence-electron chi connectivity index (χ4n) is 8.83. The Labute approximate surface area is 266 Å². The third kappa shape index (κ3) is 3.49. The monoisotopic (exact) mass is 576 g/mol. The van der Waals surface area contributed by atoms with E-state index in [0.29, 0.717) is 0 Å². The molecule has 0 bridgehead atoms. The van der Waals surface area contributed by atoms with E-state index < -0.39 is 0 Å². The molecule has 0 saturated heterocycles. The molecule has 7 aromatic rings. The van der Waals surface area contributed by atoms with Gasteiger partial charge in [0.05, 0.1) is 0 Å². The van der Waals surface area contributed by atoms with Gasteiger partial charge in [-0.3, -0.25) is 0 Å². The summed E-state index contributed by atoms with van der Waals surface area (Å²) < 4.78 is 0. The summed E-state index contributed by atoms with van der Waals surface area (Å²) in [6, 6.07) is 48.2. The first-order valence-corrected chi connectivity index (χ1v) is 16.2. The van der Waals surface area contributed by atoms with Crippen molar-refractivity contribution in [1.29, 1.82) is 0 Å². The molecule has 0 radical (unpaired) electrons. The van der Waals surface area contributed by atoms with Crippen molar-refractivity contribution in [3.8, 4) is 44.5 Å². The molecule has 0 amide bonds. The zero-order valence-corrected chi connectivity index (χ0v) is 26.6. The maximum absolute atomic E-state index is 2.46. The Morgan fingerprint density at radius 1 is 0.378 bits per heavy atom. The van der Waals surface area contributed by atoms with E-state index >= 15 is 0 Å². The van der Waals surface area contributed by atoms with Crippen molar-refractivity contribution in [2.24, 2.45) is 0 Å². The van der Waals surface area contributed by atoms with Crippen molar-refractivity contribution in [2.45, 2.75) is 45.4 Å². The maximum atomic E-state index is 2.46. The van der Waals surface area contributed by atoms with E-state index in [2.05, 4.69) is 162 Å². The van der Waals surface area contributed by atoms with Gasteiger partial charge in [-0.25, -0.2) is 0 Å². The van der Waals surface area contributed by atoms with Crippen molar-refractivity contribution < 1.29 is 0 Å². The predicted octanol–water partition coefficient (Wildman–Crippen LogP) is 12.2. The average Bonchev–Trinajstić information content (AvgIpc) is 3.43. The van der Waals surface area contributed by atoms with Crippen molar-refractivity contribution >= 4 is 21.5 Å².